The highest BCUT2D eigenvalue weighted by atomic mass is 35.5. The lowest BCUT2D eigenvalue weighted by molar-refractivity contribution is -0.426. The summed E-state index contributed by atoms with van der Waals surface area (Å²) in [6, 6.07) is 6.05. The van der Waals surface area contributed by atoms with Crippen LogP contribution in [0, 0.1) is 23.2 Å². The second-order valence-corrected chi connectivity index (χ2v) is 10.9. The first-order valence-corrected chi connectivity index (χ1v) is 11.9. The molecule has 1 amide bonds. The summed E-state index contributed by atoms with van der Waals surface area (Å²) < 4.78 is 6.16. The van der Waals surface area contributed by atoms with Gasteiger partial charge >= 0.3 is 0 Å². The molecule has 0 aromatic heterocycles. The molecule has 0 atom stereocenters. The van der Waals surface area contributed by atoms with Crippen LogP contribution in [0.4, 0.5) is 0 Å². The highest BCUT2D eigenvalue weighted by Crippen LogP contribution is 2.59. The summed E-state index contributed by atoms with van der Waals surface area (Å²) in [5.41, 5.74) is 5.02. The van der Waals surface area contributed by atoms with Crippen LogP contribution in [0.25, 0.3) is 0 Å². The first kappa shape index (κ1) is 19.7. The molecule has 1 aromatic rings. The minimum Gasteiger partial charge on any atom is -0.490 e. The van der Waals surface area contributed by atoms with E-state index in [0.29, 0.717) is 22.0 Å². The molecule has 5 heteroatoms. The minimum atomic E-state index is -0.0577. The lowest BCUT2D eigenvalue weighted by atomic mass is 9.49. The number of benzene rings is 1. The Labute approximate surface area is 178 Å². The molecule has 4 bridgehead atoms. The third-order valence-corrected chi connectivity index (χ3v) is 8.40. The Balaban J connectivity index is 1.23. The molecule has 5 aliphatic carbocycles. The molecule has 4 nitrogen and oxygen atoms in total. The summed E-state index contributed by atoms with van der Waals surface area (Å²) in [4.78, 5) is 13.0. The van der Waals surface area contributed by atoms with Gasteiger partial charge < -0.3 is 15.8 Å². The third-order valence-electron chi connectivity index (χ3n) is 8.07. The Hall–Kier alpha value is -1.26. The molecule has 0 aliphatic heterocycles. The van der Waals surface area contributed by atoms with Crippen LogP contribution in [0.2, 0.25) is 5.02 Å². The molecule has 0 saturated heterocycles. The third kappa shape index (κ3) is 4.16. The summed E-state index contributed by atoms with van der Waals surface area (Å²) in [5, 5.41) is 3.75. The quantitative estimate of drug-likeness (QED) is 0.753. The second-order valence-electron chi connectivity index (χ2n) is 10.5. The number of rotatable bonds is 5. The van der Waals surface area contributed by atoms with Crippen molar-refractivity contribution in [1.82, 2.24) is 5.32 Å². The molecule has 29 heavy (non-hydrogen) atoms. The highest BCUT2D eigenvalue weighted by Gasteiger charge is 2.50. The summed E-state index contributed by atoms with van der Waals surface area (Å²) in [6.07, 6.45) is 12.7. The number of ether oxygens (including phenoxy) is 1. The molecule has 5 aliphatic rings. The van der Waals surface area contributed by atoms with Crippen molar-refractivity contribution in [3.63, 3.8) is 0 Å². The fraction of sp³-hybridized carbons (Fsp3) is 0.708. The van der Waals surface area contributed by atoms with Gasteiger partial charge in [0, 0.05) is 19.4 Å². The lowest BCUT2D eigenvalue weighted by Crippen LogP contribution is -2.62. The number of nitrogens with one attached hydrogen (secondary N) is 1. The molecule has 4 N–H and O–H groups in total. The largest absolute Gasteiger partial charge is 0.490 e. The first-order valence-electron chi connectivity index (χ1n) is 11.6. The predicted molar refractivity (Wildman–Crippen MR) is 114 cm³/mol. The van der Waals surface area contributed by atoms with Crippen LogP contribution < -0.4 is 15.8 Å². The molecule has 6 rings (SSSR count). The topological polar surface area (TPSA) is 66.0 Å². The van der Waals surface area contributed by atoms with Crippen molar-refractivity contribution in [2.24, 2.45) is 23.2 Å². The summed E-state index contributed by atoms with van der Waals surface area (Å²) >= 11 is 6.38. The first-order chi connectivity index (χ1) is 14.0. The van der Waals surface area contributed by atoms with Gasteiger partial charge in [0.25, 0.3) is 5.91 Å². The zero-order chi connectivity index (χ0) is 20.0. The van der Waals surface area contributed by atoms with E-state index in [0.717, 1.165) is 55.7 Å². The number of quaternary nitrogens is 1. The standard InChI is InChI=1S/C24H33ClN2O2/c25-22-6-5-20(29-19-3-1-18(26)2-4-19)10-21(22)23(28)27-14-24-11-15-7-16(12-24)9-17(8-15)13-24/h5-6,10,15-19H,1-4,7-9,11-14,26H2,(H,27,28)/p+1. The Bertz CT molecular complexity index is 737. The van der Waals surface area contributed by atoms with Crippen molar-refractivity contribution in [2.75, 3.05) is 6.54 Å². The van der Waals surface area contributed by atoms with E-state index in [9.17, 15) is 4.79 Å². The zero-order valence-electron chi connectivity index (χ0n) is 17.3. The van der Waals surface area contributed by atoms with E-state index in [1.807, 2.05) is 12.1 Å². The van der Waals surface area contributed by atoms with Crippen LogP contribution in [0.5, 0.6) is 5.75 Å². The van der Waals surface area contributed by atoms with Crippen molar-refractivity contribution in [2.45, 2.75) is 76.4 Å². The Morgan fingerprint density at radius 1 is 1.07 bits per heavy atom. The average Bonchev–Trinajstić information content (AvgIpc) is 2.68. The average molecular weight is 418 g/mol. The Morgan fingerprint density at radius 2 is 1.69 bits per heavy atom. The molecule has 1 aromatic carbocycles. The monoisotopic (exact) mass is 417 g/mol. The van der Waals surface area contributed by atoms with Gasteiger partial charge in [0.05, 0.1) is 22.7 Å². The molecule has 0 heterocycles. The molecule has 5 saturated carbocycles. The Kier molecular flexibility index (Phi) is 5.28. The maximum Gasteiger partial charge on any atom is 0.252 e. The van der Waals surface area contributed by atoms with E-state index in [-0.39, 0.29) is 12.0 Å². The molecular weight excluding hydrogens is 384 g/mol. The number of hydrogen-bond acceptors (Lipinski definition) is 2. The van der Waals surface area contributed by atoms with Crippen molar-refractivity contribution < 1.29 is 15.3 Å². The minimum absolute atomic E-state index is 0.0577. The second kappa shape index (κ2) is 7.77. The number of halogens is 1. The Morgan fingerprint density at radius 3 is 2.31 bits per heavy atom. The predicted octanol–water partition coefficient (Wildman–Crippen LogP) is 4.22. The van der Waals surface area contributed by atoms with Crippen molar-refractivity contribution >= 4 is 17.5 Å². The molecule has 0 radical (unpaired) electrons. The normalized spacial score (nSPS) is 38.1. The maximum absolute atomic E-state index is 13.0. The summed E-state index contributed by atoms with van der Waals surface area (Å²) in [5.74, 6) is 3.38. The van der Waals surface area contributed by atoms with Crippen LogP contribution in [-0.2, 0) is 0 Å². The van der Waals surface area contributed by atoms with Gasteiger partial charge in [-0.2, -0.15) is 0 Å². The van der Waals surface area contributed by atoms with Crippen LogP contribution >= 0.6 is 11.6 Å². The van der Waals surface area contributed by atoms with Gasteiger partial charge in [0.15, 0.2) is 0 Å². The fourth-order valence-electron chi connectivity index (χ4n) is 7.06. The van der Waals surface area contributed by atoms with Gasteiger partial charge in [0.1, 0.15) is 5.75 Å². The fourth-order valence-corrected chi connectivity index (χ4v) is 7.27. The summed E-state index contributed by atoms with van der Waals surface area (Å²) in [6.45, 7) is 0.796. The molecule has 0 unspecified atom stereocenters. The zero-order valence-corrected chi connectivity index (χ0v) is 18.1. The van der Waals surface area contributed by atoms with Crippen LogP contribution in [0.1, 0.15) is 74.6 Å². The van der Waals surface area contributed by atoms with Crippen LogP contribution in [0.15, 0.2) is 18.2 Å². The van der Waals surface area contributed by atoms with E-state index in [1.54, 1.807) is 6.07 Å². The summed E-state index contributed by atoms with van der Waals surface area (Å²) in [7, 11) is 0. The van der Waals surface area contributed by atoms with Crippen LogP contribution in [0.3, 0.4) is 0 Å². The molecular formula is C24H34ClN2O2+. The smallest absolute Gasteiger partial charge is 0.252 e. The maximum atomic E-state index is 13.0. The number of carbonyl (C=O) groups is 1. The van der Waals surface area contributed by atoms with Gasteiger partial charge in [-0.3, -0.25) is 4.79 Å². The van der Waals surface area contributed by atoms with E-state index < -0.39 is 0 Å². The lowest BCUT2D eigenvalue weighted by Gasteiger charge is -2.56. The van der Waals surface area contributed by atoms with E-state index in [1.165, 1.54) is 38.5 Å². The van der Waals surface area contributed by atoms with Gasteiger partial charge in [0.2, 0.25) is 0 Å². The van der Waals surface area contributed by atoms with Crippen molar-refractivity contribution in [1.29, 1.82) is 0 Å². The number of carbonyl (C=O) groups excluding carboxylic acids is 1. The molecule has 5 fully saturated rings. The van der Waals surface area contributed by atoms with Crippen molar-refractivity contribution in [3.05, 3.63) is 28.8 Å². The van der Waals surface area contributed by atoms with E-state index in [2.05, 4.69) is 11.1 Å². The number of hydrogen-bond donors (Lipinski definition) is 2. The molecule has 0 spiro atoms. The highest BCUT2D eigenvalue weighted by molar-refractivity contribution is 6.33. The van der Waals surface area contributed by atoms with Gasteiger partial charge in [-0.15, -0.1) is 0 Å². The van der Waals surface area contributed by atoms with Crippen LogP contribution in [-0.4, -0.2) is 24.6 Å². The number of amides is 1. The van der Waals surface area contributed by atoms with E-state index in [4.69, 9.17) is 16.3 Å². The van der Waals surface area contributed by atoms with Gasteiger partial charge in [-0.1, -0.05) is 11.6 Å². The molecule has 158 valence electrons. The SMILES string of the molecule is [NH3+]C1CCC(Oc2ccc(Cl)c(C(=O)NCC34CC5CC(CC(C5)C3)C4)c2)CC1. The van der Waals surface area contributed by atoms with Gasteiger partial charge in [-0.25, -0.2) is 0 Å². The van der Waals surface area contributed by atoms with E-state index >= 15 is 0 Å². The van der Waals surface area contributed by atoms with Crippen molar-refractivity contribution in [3.8, 4) is 5.75 Å². The van der Waals surface area contributed by atoms with Gasteiger partial charge in [-0.05, 0) is 92.7 Å².